The van der Waals surface area contributed by atoms with Gasteiger partial charge in [0, 0.05) is 0 Å². The molecular weight excluding hydrogens is 181 g/mol. The third-order valence-electron chi connectivity index (χ3n) is 1.83. The van der Waals surface area contributed by atoms with Gasteiger partial charge in [-0.1, -0.05) is 19.4 Å². The molecule has 0 saturated carbocycles. The lowest BCUT2D eigenvalue weighted by Crippen LogP contribution is -2.00. The van der Waals surface area contributed by atoms with Crippen LogP contribution in [0.15, 0.2) is 18.2 Å². The Bertz CT molecular complexity index is 344. The molecule has 0 heterocycles. The Hall–Kier alpha value is -1.56. The van der Waals surface area contributed by atoms with Gasteiger partial charge in [0.15, 0.2) is 11.6 Å². The molecule has 0 amide bonds. The van der Waals surface area contributed by atoms with Crippen molar-refractivity contribution in [2.75, 3.05) is 6.61 Å². The smallest absolute Gasteiger partial charge is 0.172 e. The van der Waals surface area contributed by atoms with E-state index in [9.17, 15) is 4.39 Å². The van der Waals surface area contributed by atoms with Crippen LogP contribution in [0.4, 0.5) is 4.39 Å². The van der Waals surface area contributed by atoms with E-state index in [1.807, 2.05) is 13.0 Å². The van der Waals surface area contributed by atoms with Crippen molar-refractivity contribution in [3.63, 3.8) is 0 Å². The molecule has 14 heavy (non-hydrogen) atoms. The first kappa shape index (κ1) is 10.5. The SMILES string of the molecule is CCCCOc1c(F)cccc1C#N. The predicted molar refractivity (Wildman–Crippen MR) is 51.5 cm³/mol. The molecule has 0 unspecified atom stereocenters. The van der Waals surface area contributed by atoms with E-state index in [2.05, 4.69) is 0 Å². The summed E-state index contributed by atoms with van der Waals surface area (Å²) in [6.07, 6.45) is 1.84. The zero-order valence-electron chi connectivity index (χ0n) is 8.09. The monoisotopic (exact) mass is 193 g/mol. The number of halogens is 1. The second-order valence-corrected chi connectivity index (χ2v) is 2.93. The summed E-state index contributed by atoms with van der Waals surface area (Å²) in [5, 5.41) is 8.70. The Morgan fingerprint density at radius 1 is 1.50 bits per heavy atom. The molecule has 1 aromatic rings. The number of ether oxygens (including phenoxy) is 1. The number of hydrogen-bond donors (Lipinski definition) is 0. The highest BCUT2D eigenvalue weighted by atomic mass is 19.1. The van der Waals surface area contributed by atoms with Gasteiger partial charge < -0.3 is 4.74 Å². The van der Waals surface area contributed by atoms with Crippen LogP contribution < -0.4 is 4.74 Å². The molecule has 0 bridgehead atoms. The van der Waals surface area contributed by atoms with Crippen molar-refractivity contribution in [1.82, 2.24) is 0 Å². The first-order chi connectivity index (χ1) is 6.79. The maximum Gasteiger partial charge on any atom is 0.172 e. The predicted octanol–water partition coefficient (Wildman–Crippen LogP) is 2.88. The van der Waals surface area contributed by atoms with Crippen LogP contribution in [0.1, 0.15) is 25.3 Å². The van der Waals surface area contributed by atoms with E-state index in [-0.39, 0.29) is 11.3 Å². The maximum atomic E-state index is 13.2. The third-order valence-corrected chi connectivity index (χ3v) is 1.83. The topological polar surface area (TPSA) is 33.0 Å². The molecule has 0 N–H and O–H groups in total. The van der Waals surface area contributed by atoms with Crippen LogP contribution >= 0.6 is 0 Å². The van der Waals surface area contributed by atoms with E-state index in [0.717, 1.165) is 12.8 Å². The van der Waals surface area contributed by atoms with Crippen molar-refractivity contribution in [3.8, 4) is 11.8 Å². The molecule has 0 atom stereocenters. The van der Waals surface area contributed by atoms with Crippen LogP contribution in [0.2, 0.25) is 0 Å². The molecule has 0 aliphatic rings. The maximum absolute atomic E-state index is 13.2. The molecule has 0 saturated heterocycles. The Balaban J connectivity index is 2.78. The summed E-state index contributed by atoms with van der Waals surface area (Å²) in [6.45, 7) is 2.47. The summed E-state index contributed by atoms with van der Waals surface area (Å²) in [5.74, 6) is -0.399. The van der Waals surface area contributed by atoms with Crippen LogP contribution in [0.5, 0.6) is 5.75 Å². The van der Waals surface area contributed by atoms with Gasteiger partial charge in [-0.15, -0.1) is 0 Å². The molecule has 0 spiro atoms. The average molecular weight is 193 g/mol. The largest absolute Gasteiger partial charge is 0.489 e. The highest BCUT2D eigenvalue weighted by Gasteiger charge is 2.08. The van der Waals surface area contributed by atoms with Crippen molar-refractivity contribution in [2.45, 2.75) is 19.8 Å². The minimum Gasteiger partial charge on any atom is -0.489 e. The van der Waals surface area contributed by atoms with Gasteiger partial charge in [-0.25, -0.2) is 4.39 Å². The highest BCUT2D eigenvalue weighted by Crippen LogP contribution is 2.21. The average Bonchev–Trinajstić information content (AvgIpc) is 2.20. The van der Waals surface area contributed by atoms with Crippen molar-refractivity contribution in [3.05, 3.63) is 29.6 Å². The van der Waals surface area contributed by atoms with Crippen LogP contribution in [0, 0.1) is 17.1 Å². The first-order valence-electron chi connectivity index (χ1n) is 4.61. The molecule has 0 radical (unpaired) electrons. The summed E-state index contributed by atoms with van der Waals surface area (Å²) >= 11 is 0. The molecule has 1 aromatic carbocycles. The van der Waals surface area contributed by atoms with E-state index in [1.54, 1.807) is 6.07 Å². The summed E-state index contributed by atoms with van der Waals surface area (Å²) < 4.78 is 18.4. The van der Waals surface area contributed by atoms with E-state index in [4.69, 9.17) is 10.00 Å². The van der Waals surface area contributed by atoms with E-state index in [1.165, 1.54) is 12.1 Å². The van der Waals surface area contributed by atoms with Crippen LogP contribution in [0.25, 0.3) is 0 Å². The zero-order valence-corrected chi connectivity index (χ0v) is 8.09. The number of para-hydroxylation sites is 1. The van der Waals surface area contributed by atoms with Gasteiger partial charge >= 0.3 is 0 Å². The van der Waals surface area contributed by atoms with Crippen LogP contribution in [0.3, 0.4) is 0 Å². The number of benzene rings is 1. The molecule has 74 valence electrons. The van der Waals surface area contributed by atoms with Crippen LogP contribution in [-0.4, -0.2) is 6.61 Å². The standard InChI is InChI=1S/C11H12FNO/c1-2-3-7-14-11-9(8-13)5-4-6-10(11)12/h4-6H,2-3,7H2,1H3. The van der Waals surface area contributed by atoms with E-state index >= 15 is 0 Å². The van der Waals surface area contributed by atoms with Gasteiger partial charge in [0.05, 0.1) is 12.2 Å². The summed E-state index contributed by atoms with van der Waals surface area (Å²) in [6, 6.07) is 6.24. The minimum atomic E-state index is -0.472. The number of rotatable bonds is 4. The second kappa shape index (κ2) is 5.23. The summed E-state index contributed by atoms with van der Waals surface area (Å²) in [7, 11) is 0. The van der Waals surface area contributed by atoms with E-state index < -0.39 is 5.82 Å². The molecule has 0 aromatic heterocycles. The lowest BCUT2D eigenvalue weighted by Gasteiger charge is -2.07. The Kier molecular flexibility index (Phi) is 3.93. The summed E-state index contributed by atoms with van der Waals surface area (Å²) in [4.78, 5) is 0. The molecule has 0 aliphatic heterocycles. The summed E-state index contributed by atoms with van der Waals surface area (Å²) in [5.41, 5.74) is 0.251. The fourth-order valence-corrected chi connectivity index (χ4v) is 1.06. The number of nitrogens with zero attached hydrogens (tertiary/aromatic N) is 1. The molecule has 0 aliphatic carbocycles. The van der Waals surface area contributed by atoms with Gasteiger partial charge in [-0.2, -0.15) is 5.26 Å². The Labute approximate surface area is 82.9 Å². The van der Waals surface area contributed by atoms with Gasteiger partial charge in [-0.3, -0.25) is 0 Å². The number of hydrogen-bond acceptors (Lipinski definition) is 2. The van der Waals surface area contributed by atoms with Gasteiger partial charge in [0.2, 0.25) is 0 Å². The number of unbranched alkanes of at least 4 members (excludes halogenated alkanes) is 1. The highest BCUT2D eigenvalue weighted by molar-refractivity contribution is 5.43. The first-order valence-corrected chi connectivity index (χ1v) is 4.61. The number of nitriles is 1. The van der Waals surface area contributed by atoms with Gasteiger partial charge in [0.25, 0.3) is 0 Å². The molecule has 2 nitrogen and oxygen atoms in total. The van der Waals surface area contributed by atoms with E-state index in [0.29, 0.717) is 6.61 Å². The quantitative estimate of drug-likeness (QED) is 0.689. The fourth-order valence-electron chi connectivity index (χ4n) is 1.06. The van der Waals surface area contributed by atoms with Crippen molar-refractivity contribution in [1.29, 1.82) is 5.26 Å². The van der Waals surface area contributed by atoms with Crippen molar-refractivity contribution >= 4 is 0 Å². The van der Waals surface area contributed by atoms with Crippen molar-refractivity contribution in [2.24, 2.45) is 0 Å². The lowest BCUT2D eigenvalue weighted by molar-refractivity contribution is 0.293. The third kappa shape index (κ3) is 2.46. The lowest BCUT2D eigenvalue weighted by atomic mass is 10.2. The normalized spacial score (nSPS) is 9.50. The second-order valence-electron chi connectivity index (χ2n) is 2.93. The molecule has 0 fully saturated rings. The van der Waals surface area contributed by atoms with Gasteiger partial charge in [0.1, 0.15) is 6.07 Å². The minimum absolute atomic E-state index is 0.0726. The fraction of sp³-hybridized carbons (Fsp3) is 0.364. The van der Waals surface area contributed by atoms with Gasteiger partial charge in [-0.05, 0) is 18.6 Å². The zero-order chi connectivity index (χ0) is 10.4. The molecular formula is C11H12FNO. The van der Waals surface area contributed by atoms with Crippen LogP contribution in [-0.2, 0) is 0 Å². The van der Waals surface area contributed by atoms with Crippen molar-refractivity contribution < 1.29 is 9.13 Å². The molecule has 1 rings (SSSR count). The Morgan fingerprint density at radius 3 is 2.93 bits per heavy atom. The Morgan fingerprint density at radius 2 is 2.29 bits per heavy atom. The molecule has 3 heteroatoms.